The van der Waals surface area contributed by atoms with Crippen LogP contribution in [0.3, 0.4) is 0 Å². The SMILES string of the molecule is Cc1cccc(-n2ncc(C(=O)N3CCC(n4cc(C(=O)O)cn4)CC3)c2C)c1. The molecule has 1 amide bonds. The van der Waals surface area contributed by atoms with Crippen LogP contribution in [0.4, 0.5) is 0 Å². The number of amides is 1. The van der Waals surface area contributed by atoms with E-state index in [0.29, 0.717) is 18.7 Å². The predicted molar refractivity (Wildman–Crippen MR) is 106 cm³/mol. The molecule has 3 heterocycles. The molecule has 2 aromatic heterocycles. The average molecular weight is 393 g/mol. The van der Waals surface area contributed by atoms with Gasteiger partial charge in [0.25, 0.3) is 5.91 Å². The molecule has 0 saturated carbocycles. The molecular formula is C21H23N5O3. The number of hydrogen-bond donors (Lipinski definition) is 1. The van der Waals surface area contributed by atoms with Crippen molar-refractivity contribution in [1.29, 1.82) is 0 Å². The molecule has 0 aliphatic carbocycles. The molecule has 8 heteroatoms. The van der Waals surface area contributed by atoms with E-state index in [2.05, 4.69) is 10.2 Å². The molecule has 8 nitrogen and oxygen atoms in total. The molecule has 4 rings (SSSR count). The Bertz CT molecular complexity index is 1060. The minimum atomic E-state index is -0.982. The number of nitrogens with zero attached hydrogens (tertiary/aromatic N) is 5. The fourth-order valence-electron chi connectivity index (χ4n) is 3.79. The van der Waals surface area contributed by atoms with Crippen LogP contribution in [0.15, 0.2) is 42.9 Å². The van der Waals surface area contributed by atoms with Crippen LogP contribution in [-0.2, 0) is 0 Å². The molecule has 1 aliphatic rings. The third kappa shape index (κ3) is 3.65. The summed E-state index contributed by atoms with van der Waals surface area (Å²) in [6.07, 6.45) is 6.03. The first kappa shape index (κ1) is 18.9. The Hall–Kier alpha value is -3.42. The van der Waals surface area contributed by atoms with Gasteiger partial charge in [-0.15, -0.1) is 0 Å². The number of likely N-dealkylation sites (tertiary alicyclic amines) is 1. The molecule has 0 spiro atoms. The molecule has 1 aliphatic heterocycles. The van der Waals surface area contributed by atoms with Crippen molar-refractivity contribution >= 4 is 11.9 Å². The topological polar surface area (TPSA) is 93.2 Å². The van der Waals surface area contributed by atoms with Gasteiger partial charge in [0.15, 0.2) is 0 Å². The zero-order chi connectivity index (χ0) is 20.5. The molecule has 1 fully saturated rings. The highest BCUT2D eigenvalue weighted by Crippen LogP contribution is 2.24. The van der Waals surface area contributed by atoms with Crippen LogP contribution >= 0.6 is 0 Å². The van der Waals surface area contributed by atoms with Crippen LogP contribution < -0.4 is 0 Å². The average Bonchev–Trinajstić information content (AvgIpc) is 3.35. The predicted octanol–water partition coefficient (Wildman–Crippen LogP) is 2.86. The maximum Gasteiger partial charge on any atom is 0.338 e. The minimum absolute atomic E-state index is 0.0217. The van der Waals surface area contributed by atoms with Crippen LogP contribution in [0, 0.1) is 13.8 Å². The number of carbonyl (C=O) groups is 2. The lowest BCUT2D eigenvalue weighted by Gasteiger charge is -2.32. The first-order valence-electron chi connectivity index (χ1n) is 9.62. The molecular weight excluding hydrogens is 370 g/mol. The zero-order valence-corrected chi connectivity index (χ0v) is 16.4. The van der Waals surface area contributed by atoms with E-state index in [4.69, 9.17) is 5.11 Å². The van der Waals surface area contributed by atoms with E-state index in [1.807, 2.05) is 43.0 Å². The van der Waals surface area contributed by atoms with Gasteiger partial charge in [0.1, 0.15) is 0 Å². The Morgan fingerprint density at radius 2 is 1.86 bits per heavy atom. The summed E-state index contributed by atoms with van der Waals surface area (Å²) in [5.74, 6) is -1.00. The minimum Gasteiger partial charge on any atom is -0.478 e. The van der Waals surface area contributed by atoms with Crippen molar-refractivity contribution < 1.29 is 14.7 Å². The summed E-state index contributed by atoms with van der Waals surface area (Å²) in [7, 11) is 0. The first-order valence-corrected chi connectivity index (χ1v) is 9.62. The second kappa shape index (κ2) is 7.54. The van der Waals surface area contributed by atoms with Crippen LogP contribution in [0.5, 0.6) is 0 Å². The fraction of sp³-hybridized carbons (Fsp3) is 0.333. The maximum absolute atomic E-state index is 13.0. The number of rotatable bonds is 4. The van der Waals surface area contributed by atoms with Crippen LogP contribution in [-0.4, -0.2) is 54.5 Å². The van der Waals surface area contributed by atoms with Gasteiger partial charge in [-0.2, -0.15) is 10.2 Å². The zero-order valence-electron chi connectivity index (χ0n) is 16.4. The van der Waals surface area contributed by atoms with Gasteiger partial charge in [-0.3, -0.25) is 9.48 Å². The van der Waals surface area contributed by atoms with E-state index in [-0.39, 0.29) is 17.5 Å². The van der Waals surface area contributed by atoms with Gasteiger partial charge >= 0.3 is 5.97 Å². The summed E-state index contributed by atoms with van der Waals surface area (Å²) < 4.78 is 3.50. The Kier molecular flexibility index (Phi) is 4.92. The van der Waals surface area contributed by atoms with Crippen LogP contribution in [0.2, 0.25) is 0 Å². The molecule has 1 N–H and O–H groups in total. The second-order valence-corrected chi connectivity index (χ2v) is 7.43. The summed E-state index contributed by atoms with van der Waals surface area (Å²) in [4.78, 5) is 25.9. The molecule has 3 aromatic rings. The molecule has 150 valence electrons. The van der Waals surface area contributed by atoms with Crippen molar-refractivity contribution in [2.24, 2.45) is 0 Å². The third-order valence-corrected chi connectivity index (χ3v) is 5.46. The van der Waals surface area contributed by atoms with Crippen LogP contribution in [0.25, 0.3) is 5.69 Å². The lowest BCUT2D eigenvalue weighted by atomic mass is 10.0. The lowest BCUT2D eigenvalue weighted by molar-refractivity contribution is 0.0687. The van der Waals surface area contributed by atoms with Crippen molar-refractivity contribution in [3.05, 3.63) is 65.2 Å². The highest BCUT2D eigenvalue weighted by atomic mass is 16.4. The molecule has 1 aromatic carbocycles. The lowest BCUT2D eigenvalue weighted by Crippen LogP contribution is -2.39. The Labute approximate surface area is 168 Å². The van der Waals surface area contributed by atoms with Gasteiger partial charge in [0, 0.05) is 19.3 Å². The number of aromatic carboxylic acids is 1. The normalized spacial score (nSPS) is 14.9. The van der Waals surface area contributed by atoms with Crippen molar-refractivity contribution in [3.63, 3.8) is 0 Å². The van der Waals surface area contributed by atoms with E-state index in [1.165, 1.54) is 6.20 Å². The van der Waals surface area contributed by atoms with Crippen LogP contribution in [0.1, 0.15) is 50.9 Å². The van der Waals surface area contributed by atoms with Gasteiger partial charge in [-0.05, 0) is 44.4 Å². The largest absolute Gasteiger partial charge is 0.478 e. The summed E-state index contributed by atoms with van der Waals surface area (Å²) in [6, 6.07) is 8.11. The number of carboxylic acid groups (broad SMARTS) is 1. The highest BCUT2D eigenvalue weighted by Gasteiger charge is 2.27. The first-order chi connectivity index (χ1) is 13.9. The number of aryl methyl sites for hydroxylation is 1. The summed E-state index contributed by atoms with van der Waals surface area (Å²) in [5, 5.41) is 17.6. The van der Waals surface area contributed by atoms with Gasteiger partial charge in [0.05, 0.1) is 40.9 Å². The third-order valence-electron chi connectivity index (χ3n) is 5.46. The molecule has 0 unspecified atom stereocenters. The van der Waals surface area contributed by atoms with E-state index in [9.17, 15) is 9.59 Å². The Morgan fingerprint density at radius 3 is 2.52 bits per heavy atom. The number of piperidine rings is 1. The van der Waals surface area contributed by atoms with Crippen molar-refractivity contribution in [2.45, 2.75) is 32.7 Å². The summed E-state index contributed by atoms with van der Waals surface area (Å²) in [6.45, 7) is 5.13. The number of hydrogen-bond acceptors (Lipinski definition) is 4. The number of aromatic nitrogens is 4. The van der Waals surface area contributed by atoms with Gasteiger partial charge in [-0.25, -0.2) is 9.48 Å². The van der Waals surface area contributed by atoms with Gasteiger partial charge in [0.2, 0.25) is 0 Å². The van der Waals surface area contributed by atoms with E-state index in [1.54, 1.807) is 21.8 Å². The number of benzene rings is 1. The van der Waals surface area contributed by atoms with E-state index >= 15 is 0 Å². The van der Waals surface area contributed by atoms with Crippen molar-refractivity contribution in [1.82, 2.24) is 24.5 Å². The van der Waals surface area contributed by atoms with Gasteiger partial charge in [-0.1, -0.05) is 12.1 Å². The summed E-state index contributed by atoms with van der Waals surface area (Å²) in [5.41, 5.74) is 3.69. The number of carboxylic acids is 1. The second-order valence-electron chi connectivity index (χ2n) is 7.43. The molecule has 0 atom stereocenters. The number of carbonyl (C=O) groups excluding carboxylic acids is 1. The van der Waals surface area contributed by atoms with Gasteiger partial charge < -0.3 is 10.0 Å². The van der Waals surface area contributed by atoms with Crippen molar-refractivity contribution in [3.8, 4) is 5.69 Å². The monoisotopic (exact) mass is 393 g/mol. The summed E-state index contributed by atoms with van der Waals surface area (Å²) >= 11 is 0. The smallest absolute Gasteiger partial charge is 0.338 e. The van der Waals surface area contributed by atoms with E-state index < -0.39 is 5.97 Å². The molecule has 0 radical (unpaired) electrons. The standard InChI is InChI=1S/C21H23N5O3/c1-14-4-3-5-18(10-14)26-15(2)19(12-23-26)20(27)24-8-6-17(7-9-24)25-13-16(11-22-25)21(28)29/h3-5,10-13,17H,6-9H2,1-2H3,(H,28,29). The quantitative estimate of drug-likeness (QED) is 0.736. The fourth-order valence-corrected chi connectivity index (χ4v) is 3.79. The van der Waals surface area contributed by atoms with Crippen molar-refractivity contribution in [2.75, 3.05) is 13.1 Å². The molecule has 1 saturated heterocycles. The Balaban J connectivity index is 1.45. The maximum atomic E-state index is 13.0. The molecule has 29 heavy (non-hydrogen) atoms. The highest BCUT2D eigenvalue weighted by molar-refractivity contribution is 5.95. The Morgan fingerprint density at radius 1 is 1.10 bits per heavy atom. The molecule has 0 bridgehead atoms. The van der Waals surface area contributed by atoms with E-state index in [0.717, 1.165) is 29.8 Å².